The minimum Gasteiger partial charge on any atom is -0.379 e. The molecule has 6 nitrogen and oxygen atoms in total. The normalized spacial score (nSPS) is 15.9. The molecule has 0 bridgehead atoms. The Kier molecular flexibility index (Phi) is 6.69. The van der Waals surface area contributed by atoms with Crippen LogP contribution in [0, 0.1) is 5.82 Å². The SMILES string of the molecule is C/C(=C/C(=O)Nc1ccc(F)c(S(=O)(=O)N2CCOCC2)c1)c1ccccc1Cl. The molecule has 1 aliphatic rings. The molecular formula is C20H20ClFN2O4S. The van der Waals surface area contributed by atoms with Crippen molar-refractivity contribution in [2.75, 3.05) is 31.6 Å². The van der Waals surface area contributed by atoms with Crippen LogP contribution in [-0.2, 0) is 19.6 Å². The molecule has 29 heavy (non-hydrogen) atoms. The van der Waals surface area contributed by atoms with E-state index >= 15 is 0 Å². The van der Waals surface area contributed by atoms with Crippen LogP contribution in [0.25, 0.3) is 5.57 Å². The van der Waals surface area contributed by atoms with Gasteiger partial charge in [-0.25, -0.2) is 12.8 Å². The minimum atomic E-state index is -4.03. The molecule has 1 amide bonds. The zero-order valence-corrected chi connectivity index (χ0v) is 17.3. The molecule has 1 fully saturated rings. The highest BCUT2D eigenvalue weighted by molar-refractivity contribution is 7.89. The van der Waals surface area contributed by atoms with E-state index in [1.807, 2.05) is 0 Å². The number of amides is 1. The lowest BCUT2D eigenvalue weighted by Gasteiger charge is -2.26. The summed E-state index contributed by atoms with van der Waals surface area (Å²) in [6.45, 7) is 2.54. The summed E-state index contributed by atoms with van der Waals surface area (Å²) in [5, 5.41) is 3.08. The monoisotopic (exact) mass is 438 g/mol. The van der Waals surface area contributed by atoms with Crippen LogP contribution in [-0.4, -0.2) is 44.9 Å². The van der Waals surface area contributed by atoms with Crippen LogP contribution in [0.5, 0.6) is 0 Å². The zero-order chi connectivity index (χ0) is 21.0. The Morgan fingerprint density at radius 1 is 1.21 bits per heavy atom. The van der Waals surface area contributed by atoms with Gasteiger partial charge in [-0.2, -0.15) is 4.31 Å². The molecule has 1 heterocycles. The summed E-state index contributed by atoms with van der Waals surface area (Å²) in [7, 11) is -4.03. The summed E-state index contributed by atoms with van der Waals surface area (Å²) in [5.41, 5.74) is 1.52. The number of allylic oxidation sites excluding steroid dienone is 1. The summed E-state index contributed by atoms with van der Waals surface area (Å²) < 4.78 is 46.0. The number of anilines is 1. The number of sulfonamides is 1. The lowest BCUT2D eigenvalue weighted by molar-refractivity contribution is -0.111. The quantitative estimate of drug-likeness (QED) is 0.724. The van der Waals surface area contributed by atoms with Crippen LogP contribution in [0.2, 0.25) is 5.02 Å². The summed E-state index contributed by atoms with van der Waals surface area (Å²) >= 11 is 6.13. The van der Waals surface area contributed by atoms with E-state index in [0.29, 0.717) is 16.2 Å². The van der Waals surface area contributed by atoms with Crippen molar-refractivity contribution in [3.8, 4) is 0 Å². The Labute approximate surface area is 174 Å². The maximum atomic E-state index is 14.3. The second-order valence-corrected chi connectivity index (χ2v) is 8.77. The number of carbonyl (C=O) groups is 1. The van der Waals surface area contributed by atoms with E-state index in [1.165, 1.54) is 16.4 Å². The molecule has 0 aliphatic carbocycles. The fraction of sp³-hybridized carbons (Fsp3) is 0.250. The predicted molar refractivity (Wildman–Crippen MR) is 110 cm³/mol. The van der Waals surface area contributed by atoms with Crippen molar-refractivity contribution < 1.29 is 22.3 Å². The third-order valence-corrected chi connectivity index (χ3v) is 6.68. The molecule has 2 aromatic carbocycles. The first-order chi connectivity index (χ1) is 13.8. The minimum absolute atomic E-state index is 0.151. The molecule has 0 saturated carbocycles. The first-order valence-corrected chi connectivity index (χ1v) is 10.7. The van der Waals surface area contributed by atoms with Crippen molar-refractivity contribution in [3.05, 3.63) is 64.9 Å². The van der Waals surface area contributed by atoms with Crippen LogP contribution in [0.15, 0.2) is 53.4 Å². The largest absolute Gasteiger partial charge is 0.379 e. The number of nitrogens with one attached hydrogen (secondary N) is 1. The standard InChI is InChI=1S/C20H20ClFN2O4S/c1-14(16-4-2-3-5-17(16)21)12-20(25)23-15-6-7-18(22)19(13-15)29(26,27)24-8-10-28-11-9-24/h2-7,12-13H,8-11H2,1H3,(H,23,25)/b14-12-. The molecule has 3 rings (SSSR count). The molecule has 1 saturated heterocycles. The third-order valence-electron chi connectivity index (χ3n) is 4.43. The average molecular weight is 439 g/mol. The summed E-state index contributed by atoms with van der Waals surface area (Å²) in [5.74, 6) is -1.36. The second kappa shape index (κ2) is 9.04. The smallest absolute Gasteiger partial charge is 0.248 e. The van der Waals surface area contributed by atoms with Crippen molar-refractivity contribution in [1.82, 2.24) is 4.31 Å². The summed E-state index contributed by atoms with van der Waals surface area (Å²) in [4.78, 5) is 11.9. The number of morpholine rings is 1. The Morgan fingerprint density at radius 3 is 2.59 bits per heavy atom. The van der Waals surface area contributed by atoms with Gasteiger partial charge in [0.2, 0.25) is 15.9 Å². The zero-order valence-electron chi connectivity index (χ0n) is 15.7. The van der Waals surface area contributed by atoms with Gasteiger partial charge in [0.25, 0.3) is 0 Å². The molecule has 2 aromatic rings. The second-order valence-electron chi connectivity index (χ2n) is 6.46. The summed E-state index contributed by atoms with van der Waals surface area (Å²) in [6, 6.07) is 10.5. The topological polar surface area (TPSA) is 75.7 Å². The molecule has 9 heteroatoms. The molecule has 0 aromatic heterocycles. The van der Waals surface area contributed by atoms with Crippen molar-refractivity contribution in [3.63, 3.8) is 0 Å². The first kappa shape index (κ1) is 21.4. The molecule has 0 spiro atoms. The molecular weight excluding hydrogens is 419 g/mol. The van der Waals surface area contributed by atoms with Gasteiger partial charge in [0.05, 0.1) is 13.2 Å². The Bertz CT molecular complexity index is 1050. The Morgan fingerprint density at radius 2 is 1.90 bits per heavy atom. The van der Waals surface area contributed by atoms with Gasteiger partial charge in [0.1, 0.15) is 10.7 Å². The van der Waals surface area contributed by atoms with E-state index in [2.05, 4.69) is 5.32 Å². The highest BCUT2D eigenvalue weighted by atomic mass is 35.5. The highest BCUT2D eigenvalue weighted by Crippen LogP contribution is 2.25. The van der Waals surface area contributed by atoms with Gasteiger partial charge in [-0.1, -0.05) is 29.8 Å². The van der Waals surface area contributed by atoms with E-state index in [4.69, 9.17) is 16.3 Å². The number of nitrogens with zero attached hydrogens (tertiary/aromatic N) is 1. The fourth-order valence-corrected chi connectivity index (χ4v) is 4.72. The van der Waals surface area contributed by atoms with Crippen molar-refractivity contribution in [2.45, 2.75) is 11.8 Å². The number of hydrogen-bond donors (Lipinski definition) is 1. The molecule has 0 radical (unpaired) electrons. The van der Waals surface area contributed by atoms with Crippen LogP contribution in [0.4, 0.5) is 10.1 Å². The lowest BCUT2D eigenvalue weighted by atomic mass is 10.1. The number of rotatable bonds is 5. The maximum absolute atomic E-state index is 14.3. The molecule has 154 valence electrons. The number of hydrogen-bond acceptors (Lipinski definition) is 4. The van der Waals surface area contributed by atoms with Gasteiger partial charge in [0, 0.05) is 29.9 Å². The first-order valence-electron chi connectivity index (χ1n) is 8.90. The van der Waals surface area contributed by atoms with Gasteiger partial charge < -0.3 is 10.1 Å². The van der Waals surface area contributed by atoms with Crippen molar-refractivity contribution in [1.29, 1.82) is 0 Å². The Hall–Kier alpha value is -2.26. The number of carbonyl (C=O) groups excluding carboxylic acids is 1. The van der Waals surface area contributed by atoms with E-state index in [9.17, 15) is 17.6 Å². The van der Waals surface area contributed by atoms with Gasteiger partial charge >= 0.3 is 0 Å². The van der Waals surface area contributed by atoms with Crippen LogP contribution in [0.3, 0.4) is 0 Å². The van der Waals surface area contributed by atoms with Crippen molar-refractivity contribution in [2.24, 2.45) is 0 Å². The highest BCUT2D eigenvalue weighted by Gasteiger charge is 2.29. The molecule has 0 unspecified atom stereocenters. The summed E-state index contributed by atoms with van der Waals surface area (Å²) in [6.07, 6.45) is 1.35. The van der Waals surface area contributed by atoms with Gasteiger partial charge in [0.15, 0.2) is 0 Å². The van der Waals surface area contributed by atoms with E-state index in [-0.39, 0.29) is 32.0 Å². The van der Waals surface area contributed by atoms with Crippen LogP contribution in [0.1, 0.15) is 12.5 Å². The predicted octanol–water partition coefficient (Wildman–Crippen LogP) is 3.54. The number of benzene rings is 2. The fourth-order valence-electron chi connectivity index (χ4n) is 2.94. The van der Waals surface area contributed by atoms with E-state index in [1.54, 1.807) is 31.2 Å². The van der Waals surface area contributed by atoms with Gasteiger partial charge in [-0.3, -0.25) is 4.79 Å². The van der Waals surface area contributed by atoms with E-state index in [0.717, 1.165) is 12.1 Å². The molecule has 0 atom stereocenters. The van der Waals surface area contributed by atoms with Gasteiger partial charge in [-0.15, -0.1) is 0 Å². The number of ether oxygens (including phenoxy) is 1. The third kappa shape index (κ3) is 5.02. The van der Waals surface area contributed by atoms with E-state index < -0.39 is 26.6 Å². The van der Waals surface area contributed by atoms with Crippen molar-refractivity contribution >= 4 is 38.8 Å². The number of halogens is 2. The van der Waals surface area contributed by atoms with Gasteiger partial charge in [-0.05, 0) is 42.3 Å². The average Bonchev–Trinajstić information content (AvgIpc) is 2.70. The van der Waals surface area contributed by atoms with Crippen LogP contribution < -0.4 is 5.32 Å². The van der Waals surface area contributed by atoms with Crippen LogP contribution >= 0.6 is 11.6 Å². The Balaban J connectivity index is 1.82. The maximum Gasteiger partial charge on any atom is 0.248 e. The molecule has 1 N–H and O–H groups in total. The lowest BCUT2D eigenvalue weighted by Crippen LogP contribution is -2.40. The molecule has 1 aliphatic heterocycles.